The third-order valence-electron chi connectivity index (χ3n) is 4.97. The molecule has 0 atom stereocenters. The molecule has 196 valence electrons. The summed E-state index contributed by atoms with van der Waals surface area (Å²) in [5, 5.41) is 9.60. The van der Waals surface area contributed by atoms with Crippen LogP contribution in [-0.4, -0.2) is 41.0 Å². The van der Waals surface area contributed by atoms with Gasteiger partial charge in [0, 0.05) is 24.8 Å². The number of ether oxygens (including phenoxy) is 2. The van der Waals surface area contributed by atoms with Gasteiger partial charge < -0.3 is 19.0 Å². The van der Waals surface area contributed by atoms with E-state index < -0.39 is 0 Å². The number of oxazole rings is 1. The van der Waals surface area contributed by atoms with Crippen molar-refractivity contribution in [3.63, 3.8) is 0 Å². The van der Waals surface area contributed by atoms with E-state index in [-0.39, 0.29) is 50.2 Å². The Morgan fingerprint density at radius 3 is 2.17 bits per heavy atom. The van der Waals surface area contributed by atoms with Gasteiger partial charge in [0.25, 0.3) is 0 Å². The molecular formula is C28H37NO7. The van der Waals surface area contributed by atoms with Gasteiger partial charge in [0.15, 0.2) is 11.5 Å². The molecule has 1 aromatic heterocycles. The number of ketones is 1. The average molecular weight is 500 g/mol. The predicted octanol–water partition coefficient (Wildman–Crippen LogP) is 5.42. The number of benzene rings is 2. The number of hydrogen-bond donors (Lipinski definition) is 1. The van der Waals surface area contributed by atoms with E-state index in [4.69, 9.17) is 13.9 Å². The van der Waals surface area contributed by atoms with Crippen molar-refractivity contribution in [1.82, 2.24) is 4.98 Å². The number of phenolic OH excluding ortho intramolecular Hbond substituents is 1. The van der Waals surface area contributed by atoms with Crippen LogP contribution in [-0.2, 0) is 36.7 Å². The minimum Gasteiger partial charge on any atom is -0.508 e. The molecule has 0 aliphatic rings. The van der Waals surface area contributed by atoms with Crippen molar-refractivity contribution in [2.24, 2.45) is 0 Å². The lowest BCUT2D eigenvalue weighted by Gasteiger charge is -2.05. The molecular weight excluding hydrogens is 462 g/mol. The molecule has 0 spiro atoms. The highest BCUT2D eigenvalue weighted by atomic mass is 16.5. The lowest BCUT2D eigenvalue weighted by Crippen LogP contribution is -2.09. The molecule has 2 aromatic carbocycles. The molecule has 0 radical (unpaired) electrons. The van der Waals surface area contributed by atoms with Crippen molar-refractivity contribution in [2.45, 2.75) is 67.2 Å². The van der Waals surface area contributed by atoms with Crippen LogP contribution in [0.3, 0.4) is 0 Å². The summed E-state index contributed by atoms with van der Waals surface area (Å²) >= 11 is 0. The fourth-order valence-electron chi connectivity index (χ4n) is 3.27. The Bertz CT molecular complexity index is 1150. The zero-order valence-electron chi connectivity index (χ0n) is 20.8. The number of fused-ring (bicyclic) bond motifs is 1. The van der Waals surface area contributed by atoms with Gasteiger partial charge in [-0.25, -0.2) is 4.98 Å². The van der Waals surface area contributed by atoms with Crippen molar-refractivity contribution in [2.75, 3.05) is 13.2 Å². The first kappa shape index (κ1) is 30.4. The summed E-state index contributed by atoms with van der Waals surface area (Å²) in [7, 11) is 0. The smallest absolute Gasteiger partial charge is 0.306 e. The van der Waals surface area contributed by atoms with Crippen LogP contribution < -0.4 is 0 Å². The highest BCUT2D eigenvalue weighted by Crippen LogP contribution is 2.20. The van der Waals surface area contributed by atoms with E-state index in [1.54, 1.807) is 32.0 Å². The SMILES string of the molecule is C.CCOC(=O)CCC(=O)Cc1cc(C)ccc1O.CCOC(=O)CCc1nc2cc(C)ccc2o1. The number of aromatic nitrogens is 1. The number of carbonyl (C=O) groups is 3. The summed E-state index contributed by atoms with van der Waals surface area (Å²) in [5.41, 5.74) is 4.32. The number of hydrogen-bond acceptors (Lipinski definition) is 8. The second kappa shape index (κ2) is 15.3. The van der Waals surface area contributed by atoms with Gasteiger partial charge in [0.05, 0.1) is 26.1 Å². The molecule has 0 bridgehead atoms. The minimum atomic E-state index is -0.362. The molecule has 3 aromatic rings. The summed E-state index contributed by atoms with van der Waals surface area (Å²) in [5.74, 6) is 0.0398. The Balaban J connectivity index is 0.000000351. The van der Waals surface area contributed by atoms with Crippen LogP contribution in [0, 0.1) is 13.8 Å². The van der Waals surface area contributed by atoms with Crippen molar-refractivity contribution >= 4 is 28.8 Å². The quantitative estimate of drug-likeness (QED) is 0.367. The van der Waals surface area contributed by atoms with Gasteiger partial charge in [0.2, 0.25) is 0 Å². The van der Waals surface area contributed by atoms with Gasteiger partial charge >= 0.3 is 11.9 Å². The standard InChI is InChI=1S/C14H18O4.C13H15NO3.CH4/c1-3-18-14(17)7-5-12(15)9-11-8-10(2)4-6-13(11)16;1-3-16-13(15)7-6-12-14-10-8-9(2)4-5-11(10)17-12;/h4,6,8,16H,3,5,7,9H2,1-2H3;4-5,8H,3,6-7H2,1-2H3;1H4. The van der Waals surface area contributed by atoms with Crippen molar-refractivity contribution in [3.05, 3.63) is 59.0 Å². The van der Waals surface area contributed by atoms with Gasteiger partial charge in [-0.2, -0.15) is 0 Å². The molecule has 0 aliphatic carbocycles. The Kier molecular flexibility index (Phi) is 12.9. The first-order chi connectivity index (χ1) is 16.7. The molecule has 0 amide bonds. The third kappa shape index (κ3) is 10.3. The molecule has 1 N–H and O–H groups in total. The number of esters is 2. The van der Waals surface area contributed by atoms with Gasteiger partial charge in [-0.15, -0.1) is 0 Å². The first-order valence-electron chi connectivity index (χ1n) is 11.7. The van der Waals surface area contributed by atoms with E-state index in [2.05, 4.69) is 4.98 Å². The van der Waals surface area contributed by atoms with Crippen molar-refractivity contribution in [1.29, 1.82) is 0 Å². The third-order valence-corrected chi connectivity index (χ3v) is 4.97. The molecule has 8 heteroatoms. The summed E-state index contributed by atoms with van der Waals surface area (Å²) in [6.45, 7) is 8.15. The van der Waals surface area contributed by atoms with E-state index in [1.165, 1.54) is 0 Å². The summed E-state index contributed by atoms with van der Waals surface area (Å²) in [6, 6.07) is 11.0. The summed E-state index contributed by atoms with van der Waals surface area (Å²) in [4.78, 5) is 38.3. The second-order valence-corrected chi connectivity index (χ2v) is 8.04. The number of Topliss-reactive ketones (excluding diaryl/α,β-unsaturated/α-hetero) is 1. The van der Waals surface area contributed by atoms with E-state index in [9.17, 15) is 19.5 Å². The zero-order valence-corrected chi connectivity index (χ0v) is 20.8. The fourth-order valence-corrected chi connectivity index (χ4v) is 3.27. The van der Waals surface area contributed by atoms with Crippen LogP contribution in [0.15, 0.2) is 40.8 Å². The molecule has 0 aliphatic heterocycles. The highest BCUT2D eigenvalue weighted by molar-refractivity contribution is 5.85. The molecule has 0 fully saturated rings. The molecule has 0 saturated carbocycles. The van der Waals surface area contributed by atoms with Gasteiger partial charge in [-0.1, -0.05) is 31.2 Å². The molecule has 8 nitrogen and oxygen atoms in total. The van der Waals surface area contributed by atoms with E-state index in [0.717, 1.165) is 22.2 Å². The highest BCUT2D eigenvalue weighted by Gasteiger charge is 2.11. The summed E-state index contributed by atoms with van der Waals surface area (Å²) in [6.07, 6.45) is 1.17. The summed E-state index contributed by atoms with van der Waals surface area (Å²) < 4.78 is 15.1. The monoisotopic (exact) mass is 499 g/mol. The normalized spacial score (nSPS) is 10.1. The molecule has 0 unspecified atom stereocenters. The maximum Gasteiger partial charge on any atom is 0.306 e. The van der Waals surface area contributed by atoms with Crippen LogP contribution in [0.2, 0.25) is 0 Å². The van der Waals surface area contributed by atoms with Crippen LogP contribution in [0.1, 0.15) is 63.1 Å². The van der Waals surface area contributed by atoms with Gasteiger partial charge in [0.1, 0.15) is 17.0 Å². The maximum absolute atomic E-state index is 11.7. The predicted molar refractivity (Wildman–Crippen MR) is 138 cm³/mol. The maximum atomic E-state index is 11.7. The molecule has 0 saturated heterocycles. The number of carbonyl (C=O) groups excluding carboxylic acids is 3. The van der Waals surface area contributed by atoms with Crippen molar-refractivity contribution < 1.29 is 33.4 Å². The second-order valence-electron chi connectivity index (χ2n) is 8.04. The van der Waals surface area contributed by atoms with Crippen LogP contribution in [0.5, 0.6) is 5.75 Å². The number of aryl methyl sites for hydroxylation is 3. The van der Waals surface area contributed by atoms with Gasteiger partial charge in [-0.05, 0) is 51.5 Å². The van der Waals surface area contributed by atoms with Crippen molar-refractivity contribution in [3.8, 4) is 5.75 Å². The lowest BCUT2D eigenvalue weighted by atomic mass is 10.0. The zero-order chi connectivity index (χ0) is 25.8. The molecule has 1 heterocycles. The fraction of sp³-hybridized carbons (Fsp3) is 0.429. The molecule has 3 rings (SSSR count). The van der Waals surface area contributed by atoms with E-state index in [1.807, 2.05) is 32.0 Å². The number of rotatable bonds is 10. The average Bonchev–Trinajstić information content (AvgIpc) is 3.22. The van der Waals surface area contributed by atoms with Crippen LogP contribution in [0.25, 0.3) is 11.1 Å². The molecule has 36 heavy (non-hydrogen) atoms. The topological polar surface area (TPSA) is 116 Å². The van der Waals surface area contributed by atoms with Crippen LogP contribution in [0.4, 0.5) is 0 Å². The Hall–Kier alpha value is -3.68. The lowest BCUT2D eigenvalue weighted by molar-refractivity contribution is -0.144. The van der Waals surface area contributed by atoms with E-state index >= 15 is 0 Å². The largest absolute Gasteiger partial charge is 0.508 e. The Morgan fingerprint density at radius 1 is 0.889 bits per heavy atom. The minimum absolute atomic E-state index is 0. The van der Waals surface area contributed by atoms with E-state index in [0.29, 0.717) is 37.5 Å². The Labute approximate surface area is 212 Å². The van der Waals surface area contributed by atoms with Gasteiger partial charge in [-0.3, -0.25) is 14.4 Å². The number of nitrogens with zero attached hydrogens (tertiary/aromatic N) is 1. The Morgan fingerprint density at radius 2 is 1.50 bits per heavy atom. The van der Waals surface area contributed by atoms with Crippen LogP contribution >= 0.6 is 0 Å². The first-order valence-corrected chi connectivity index (χ1v) is 11.7. The number of aromatic hydroxyl groups is 1. The number of phenols is 1.